The molecule has 1 saturated carbocycles. The van der Waals surface area contributed by atoms with E-state index >= 15 is 0 Å². The third-order valence-corrected chi connectivity index (χ3v) is 8.11. The first-order valence-corrected chi connectivity index (χ1v) is 13.3. The third-order valence-electron chi connectivity index (χ3n) is 5.91. The van der Waals surface area contributed by atoms with Crippen molar-refractivity contribution in [2.45, 2.75) is 75.2 Å². The van der Waals surface area contributed by atoms with Crippen LogP contribution in [0.5, 0.6) is 0 Å². The van der Waals surface area contributed by atoms with Gasteiger partial charge in [0.05, 0.1) is 0 Å². The van der Waals surface area contributed by atoms with E-state index in [4.69, 9.17) is 0 Å². The first kappa shape index (κ1) is 22.8. The van der Waals surface area contributed by atoms with E-state index in [-0.39, 0.29) is 0 Å². The van der Waals surface area contributed by atoms with Gasteiger partial charge in [-0.25, -0.2) is 0 Å². The minimum absolute atomic E-state index is 0.468. The van der Waals surface area contributed by atoms with E-state index in [0.717, 1.165) is 56.0 Å². The van der Waals surface area contributed by atoms with E-state index in [0.29, 0.717) is 10.7 Å². The number of hydrogen-bond donors (Lipinski definition) is 1. The number of aromatic nitrogens is 3. The Hall–Kier alpha value is -0.890. The van der Waals surface area contributed by atoms with Gasteiger partial charge in [0.25, 0.3) is 0 Å². The Kier molecular flexibility index (Phi) is 8.59. The van der Waals surface area contributed by atoms with Crippen molar-refractivity contribution in [1.82, 2.24) is 25.0 Å². The Morgan fingerprint density at radius 1 is 1.28 bits per heavy atom. The molecule has 1 aromatic rings. The van der Waals surface area contributed by atoms with E-state index in [1.807, 2.05) is 7.05 Å². The summed E-state index contributed by atoms with van der Waals surface area (Å²) in [4.78, 5) is 7.09. The predicted molar refractivity (Wildman–Crippen MR) is 126 cm³/mol. The maximum Gasteiger partial charge on any atom is 0.193 e. The zero-order valence-electron chi connectivity index (χ0n) is 18.6. The lowest BCUT2D eigenvalue weighted by atomic mass is 9.87. The molecule has 6 nitrogen and oxygen atoms in total. The van der Waals surface area contributed by atoms with E-state index in [2.05, 4.69) is 61.8 Å². The van der Waals surface area contributed by atoms with Crippen LogP contribution >= 0.6 is 23.5 Å². The molecule has 1 aromatic heterocycles. The summed E-state index contributed by atoms with van der Waals surface area (Å²) in [6, 6.07) is 0. The van der Waals surface area contributed by atoms with Crippen LogP contribution in [-0.2, 0) is 13.0 Å². The quantitative estimate of drug-likeness (QED) is 0.301. The number of thioether (sulfide) groups is 2. The van der Waals surface area contributed by atoms with Crippen molar-refractivity contribution in [3.05, 3.63) is 5.82 Å². The van der Waals surface area contributed by atoms with Gasteiger partial charge in [0.1, 0.15) is 5.82 Å². The van der Waals surface area contributed by atoms with Crippen LogP contribution < -0.4 is 5.32 Å². The summed E-state index contributed by atoms with van der Waals surface area (Å²) < 4.78 is 2.76. The maximum atomic E-state index is 4.59. The van der Waals surface area contributed by atoms with Gasteiger partial charge in [-0.15, -0.1) is 10.2 Å². The van der Waals surface area contributed by atoms with Gasteiger partial charge in [0.2, 0.25) is 0 Å². The van der Waals surface area contributed by atoms with Crippen LogP contribution in [0.15, 0.2) is 10.1 Å². The maximum absolute atomic E-state index is 4.59. The average molecular weight is 439 g/mol. The Morgan fingerprint density at radius 2 is 2.07 bits per heavy atom. The third kappa shape index (κ3) is 6.06. The minimum Gasteiger partial charge on any atom is -0.356 e. The zero-order valence-corrected chi connectivity index (χ0v) is 20.2. The number of nitrogens with zero attached hydrogens (tertiary/aromatic N) is 5. The topological polar surface area (TPSA) is 58.3 Å². The lowest BCUT2D eigenvalue weighted by molar-refractivity contribution is 0.293. The predicted octanol–water partition coefficient (Wildman–Crippen LogP) is 3.92. The van der Waals surface area contributed by atoms with Crippen molar-refractivity contribution >= 4 is 29.5 Å². The number of nitrogens with one attached hydrogen (secondary N) is 1. The van der Waals surface area contributed by atoms with E-state index < -0.39 is 0 Å². The smallest absolute Gasteiger partial charge is 0.193 e. The summed E-state index contributed by atoms with van der Waals surface area (Å²) in [5.41, 5.74) is 0. The highest BCUT2D eigenvalue weighted by Gasteiger charge is 2.38. The molecule has 1 saturated heterocycles. The van der Waals surface area contributed by atoms with E-state index in [1.54, 1.807) is 11.8 Å². The van der Waals surface area contributed by atoms with Crippen LogP contribution in [0, 0.1) is 5.92 Å². The average Bonchev–Trinajstić information content (AvgIpc) is 3.09. The van der Waals surface area contributed by atoms with Crippen molar-refractivity contribution in [1.29, 1.82) is 0 Å². The Labute approximate surface area is 185 Å². The van der Waals surface area contributed by atoms with Gasteiger partial charge in [-0.1, -0.05) is 44.9 Å². The van der Waals surface area contributed by atoms with Crippen molar-refractivity contribution < 1.29 is 0 Å². The molecular weight excluding hydrogens is 400 g/mol. The molecule has 0 atom stereocenters. The number of hydrogen-bond acceptors (Lipinski definition) is 5. The van der Waals surface area contributed by atoms with Crippen molar-refractivity contribution in [3.8, 4) is 0 Å². The summed E-state index contributed by atoms with van der Waals surface area (Å²) in [5.74, 6) is 3.99. The highest BCUT2D eigenvalue weighted by Crippen LogP contribution is 2.42. The normalized spacial score (nSPS) is 19.9. The molecule has 1 spiro atoms. The first-order valence-electron chi connectivity index (χ1n) is 11.1. The fourth-order valence-electron chi connectivity index (χ4n) is 4.51. The van der Waals surface area contributed by atoms with E-state index in [9.17, 15) is 0 Å². The molecule has 2 aliphatic rings. The molecule has 0 amide bonds. The standard InChI is InChI=1S/C21H38N6S2/c1-17(2)15-27-18(24-25-20(27)28-4)9-8-12-23-19(22-3)26-13-14-29-21(16-26)10-6-5-7-11-21/h17H,5-16H2,1-4H3,(H,22,23). The molecule has 2 heterocycles. The van der Waals surface area contributed by atoms with Gasteiger partial charge in [0.15, 0.2) is 11.1 Å². The minimum atomic E-state index is 0.468. The summed E-state index contributed by atoms with van der Waals surface area (Å²) in [5, 5.41) is 13.5. The lowest BCUT2D eigenvalue weighted by Gasteiger charge is -2.45. The van der Waals surface area contributed by atoms with E-state index in [1.165, 1.54) is 37.9 Å². The molecule has 1 aliphatic carbocycles. The first-order chi connectivity index (χ1) is 14.1. The Bertz CT molecular complexity index is 661. The monoisotopic (exact) mass is 438 g/mol. The molecule has 0 unspecified atom stereocenters. The number of rotatable bonds is 7. The molecule has 29 heavy (non-hydrogen) atoms. The van der Waals surface area contributed by atoms with Crippen LogP contribution in [0.2, 0.25) is 0 Å². The Balaban J connectivity index is 1.50. The largest absolute Gasteiger partial charge is 0.356 e. The van der Waals surface area contributed by atoms with Crippen LogP contribution in [-0.4, -0.2) is 69.1 Å². The van der Waals surface area contributed by atoms with Gasteiger partial charge in [-0.2, -0.15) is 11.8 Å². The molecule has 1 N–H and O–H groups in total. The SMILES string of the molecule is CN=C(NCCCc1nnc(SC)n1CC(C)C)N1CCSC2(CCCCC2)C1. The lowest BCUT2D eigenvalue weighted by Crippen LogP contribution is -2.53. The van der Waals surface area contributed by atoms with Crippen LogP contribution in [0.4, 0.5) is 0 Å². The van der Waals surface area contributed by atoms with Crippen LogP contribution in [0.25, 0.3) is 0 Å². The molecule has 8 heteroatoms. The number of aryl methyl sites for hydroxylation is 1. The summed E-state index contributed by atoms with van der Waals surface area (Å²) in [6.45, 7) is 8.65. The number of guanidine groups is 1. The molecule has 164 valence electrons. The van der Waals surface area contributed by atoms with Crippen molar-refractivity contribution in [2.24, 2.45) is 10.9 Å². The molecular formula is C21H38N6S2. The fraction of sp³-hybridized carbons (Fsp3) is 0.857. The van der Waals surface area contributed by atoms with Gasteiger partial charge in [-0.05, 0) is 31.4 Å². The second-order valence-corrected chi connectivity index (χ2v) is 11.0. The molecule has 0 bridgehead atoms. The number of aliphatic imine (C=N–C) groups is 1. The Morgan fingerprint density at radius 3 is 2.76 bits per heavy atom. The molecule has 0 aromatic carbocycles. The van der Waals surface area contributed by atoms with Gasteiger partial charge in [0, 0.05) is 50.1 Å². The second-order valence-electron chi connectivity index (χ2n) is 8.70. The summed E-state index contributed by atoms with van der Waals surface area (Å²) in [7, 11) is 1.92. The fourth-order valence-corrected chi connectivity index (χ4v) is 6.60. The molecule has 2 fully saturated rings. The zero-order chi connectivity index (χ0) is 20.7. The van der Waals surface area contributed by atoms with Crippen molar-refractivity contribution in [2.75, 3.05) is 38.7 Å². The van der Waals surface area contributed by atoms with Gasteiger partial charge < -0.3 is 14.8 Å². The van der Waals surface area contributed by atoms with Gasteiger partial charge in [-0.3, -0.25) is 4.99 Å². The van der Waals surface area contributed by atoms with Crippen LogP contribution in [0.1, 0.15) is 58.2 Å². The highest BCUT2D eigenvalue weighted by atomic mass is 32.2. The van der Waals surface area contributed by atoms with Gasteiger partial charge >= 0.3 is 0 Å². The summed E-state index contributed by atoms with van der Waals surface area (Å²) in [6.07, 6.45) is 11.0. The second kappa shape index (κ2) is 10.9. The van der Waals surface area contributed by atoms with Crippen LogP contribution in [0.3, 0.4) is 0 Å². The molecule has 0 radical (unpaired) electrons. The summed E-state index contributed by atoms with van der Waals surface area (Å²) >= 11 is 3.89. The van der Waals surface area contributed by atoms with Crippen molar-refractivity contribution in [3.63, 3.8) is 0 Å². The molecule has 3 rings (SSSR count). The highest BCUT2D eigenvalue weighted by molar-refractivity contribution is 8.00. The molecule has 1 aliphatic heterocycles.